The highest BCUT2D eigenvalue weighted by molar-refractivity contribution is 6.27. The predicted octanol–water partition coefficient (Wildman–Crippen LogP) is -3.54. The van der Waals surface area contributed by atoms with Crippen molar-refractivity contribution < 1.29 is 39.9 Å². The fourth-order valence-electron chi connectivity index (χ4n) is 2.09. The smallest absolute Gasteiger partial charge is 0.235 e. The van der Waals surface area contributed by atoms with E-state index < -0.39 is 61.1 Å². The van der Waals surface area contributed by atoms with E-state index >= 15 is 0 Å². The number of halogens is 1. The van der Waals surface area contributed by atoms with Gasteiger partial charge in [-0.25, -0.2) is 0 Å². The normalized spacial score (nSPS) is 35.8. The zero-order valence-corrected chi connectivity index (χ0v) is 11.7. The summed E-state index contributed by atoms with van der Waals surface area (Å²) in [4.78, 5) is 22.2. The molecule has 1 aliphatic heterocycles. The maximum absolute atomic E-state index is 11.3. The molecule has 1 fully saturated rings. The Labute approximate surface area is 125 Å². The Morgan fingerprint density at radius 2 is 2.14 bits per heavy atom. The zero-order valence-electron chi connectivity index (χ0n) is 10.9. The molecule has 1 saturated heterocycles. The molecule has 122 valence electrons. The Hall–Kier alpha value is -0.810. The van der Waals surface area contributed by atoms with Crippen molar-refractivity contribution in [2.75, 3.05) is 12.5 Å². The van der Waals surface area contributed by atoms with Crippen molar-refractivity contribution in [2.45, 2.75) is 42.7 Å². The van der Waals surface area contributed by atoms with Gasteiger partial charge < -0.3 is 35.6 Å². The maximum Gasteiger partial charge on any atom is 0.235 e. The van der Waals surface area contributed by atoms with E-state index in [9.17, 15) is 30.0 Å². The van der Waals surface area contributed by atoms with Crippen LogP contribution in [0.25, 0.3) is 0 Å². The number of aliphatic hydroxyl groups is 5. The van der Waals surface area contributed by atoms with E-state index in [1.54, 1.807) is 0 Å². The number of alkyl halides is 1. The third kappa shape index (κ3) is 4.33. The van der Waals surface area contributed by atoms with Gasteiger partial charge in [0, 0.05) is 6.42 Å². The Bertz CT molecular complexity index is 383. The van der Waals surface area contributed by atoms with Crippen LogP contribution >= 0.6 is 11.6 Å². The first-order valence-electron chi connectivity index (χ1n) is 6.15. The summed E-state index contributed by atoms with van der Waals surface area (Å²) in [5, 5.41) is 50.2. The molecule has 1 aliphatic rings. The quantitative estimate of drug-likeness (QED) is 0.216. The number of ether oxygens (including phenoxy) is 1. The summed E-state index contributed by atoms with van der Waals surface area (Å²) in [6, 6.07) is -1.23. The lowest BCUT2D eigenvalue weighted by Gasteiger charge is -2.44. The lowest BCUT2D eigenvalue weighted by atomic mass is 9.89. The topological polar surface area (TPSA) is 157 Å². The van der Waals surface area contributed by atoms with Crippen molar-refractivity contribution in [3.8, 4) is 0 Å². The van der Waals surface area contributed by atoms with E-state index in [0.717, 1.165) is 0 Å². The highest BCUT2D eigenvalue weighted by Crippen LogP contribution is 2.28. The molecule has 1 rings (SSSR count). The molecule has 1 heterocycles. The second-order valence-electron chi connectivity index (χ2n) is 4.78. The van der Waals surface area contributed by atoms with Crippen molar-refractivity contribution in [2.24, 2.45) is 0 Å². The Balaban J connectivity index is 3.01. The fraction of sp³-hybridized carbons (Fsp3) is 0.818. The van der Waals surface area contributed by atoms with E-state index in [0.29, 0.717) is 0 Å². The summed E-state index contributed by atoms with van der Waals surface area (Å²) in [7, 11) is 0. The summed E-state index contributed by atoms with van der Waals surface area (Å²) in [5.41, 5.74) is 0. The van der Waals surface area contributed by atoms with Gasteiger partial charge in [-0.3, -0.25) is 9.59 Å². The summed E-state index contributed by atoms with van der Waals surface area (Å²) >= 11 is 5.33. The third-order valence-corrected chi connectivity index (χ3v) is 3.40. The van der Waals surface area contributed by atoms with Crippen LogP contribution in [-0.4, -0.2) is 86.5 Å². The molecule has 2 unspecified atom stereocenters. The first-order valence-corrected chi connectivity index (χ1v) is 6.68. The molecule has 21 heavy (non-hydrogen) atoms. The minimum Gasteiger partial charge on any atom is -0.394 e. The van der Waals surface area contributed by atoms with E-state index in [1.807, 2.05) is 0 Å². The van der Waals surface area contributed by atoms with Crippen molar-refractivity contribution in [1.29, 1.82) is 0 Å². The Morgan fingerprint density at radius 3 is 2.62 bits per heavy atom. The average Bonchev–Trinajstić information content (AvgIpc) is 2.47. The Morgan fingerprint density at radius 1 is 1.52 bits per heavy atom. The van der Waals surface area contributed by atoms with Gasteiger partial charge in [-0.15, -0.1) is 11.6 Å². The van der Waals surface area contributed by atoms with Crippen LogP contribution in [0.1, 0.15) is 6.42 Å². The number of hydrogen-bond acceptors (Lipinski definition) is 8. The molecule has 0 bridgehead atoms. The number of carbonyl (C=O) groups excluding carboxylic acids is 2. The second-order valence-corrected chi connectivity index (χ2v) is 5.05. The molecule has 0 aromatic carbocycles. The number of aldehydes is 1. The van der Waals surface area contributed by atoms with Gasteiger partial charge in [-0.2, -0.15) is 0 Å². The van der Waals surface area contributed by atoms with Crippen LogP contribution in [0.15, 0.2) is 0 Å². The fourth-order valence-corrected chi connectivity index (χ4v) is 2.17. The van der Waals surface area contributed by atoms with Crippen LogP contribution in [0.4, 0.5) is 0 Å². The molecule has 0 radical (unpaired) electrons. The first kappa shape index (κ1) is 18.2. The van der Waals surface area contributed by atoms with E-state index in [1.165, 1.54) is 0 Å². The zero-order chi connectivity index (χ0) is 16.2. The summed E-state index contributed by atoms with van der Waals surface area (Å²) in [5.74, 6) is -3.48. The number of carbonyl (C=O) groups is 2. The molecular weight excluding hydrogens is 310 g/mol. The van der Waals surface area contributed by atoms with Gasteiger partial charge in [-0.05, 0) is 0 Å². The van der Waals surface area contributed by atoms with Crippen LogP contribution < -0.4 is 5.32 Å². The largest absolute Gasteiger partial charge is 0.394 e. The number of nitrogens with one attached hydrogen (secondary N) is 1. The maximum atomic E-state index is 11.3. The summed E-state index contributed by atoms with van der Waals surface area (Å²) < 4.78 is 4.98. The standard InChI is InChI=1S/C11H18ClNO8/c12-2-7(18)13-8-5(16)1-11(20,4-15)21-10(8)9(19)6(17)3-14/h4-6,8-10,14,16-17,19-20H,1-3H2,(H,13,18)/t5?,6-,8-,9-,10?,11+/m1/s1. The van der Waals surface area contributed by atoms with Crippen LogP contribution in [0.3, 0.4) is 0 Å². The minimum atomic E-state index is -2.37. The molecule has 9 nitrogen and oxygen atoms in total. The van der Waals surface area contributed by atoms with Gasteiger partial charge in [0.15, 0.2) is 6.29 Å². The monoisotopic (exact) mass is 327 g/mol. The van der Waals surface area contributed by atoms with Crippen LogP contribution in [0.5, 0.6) is 0 Å². The van der Waals surface area contributed by atoms with Gasteiger partial charge in [0.2, 0.25) is 11.7 Å². The van der Waals surface area contributed by atoms with Crippen LogP contribution in [-0.2, 0) is 14.3 Å². The van der Waals surface area contributed by atoms with Crippen molar-refractivity contribution in [1.82, 2.24) is 5.32 Å². The van der Waals surface area contributed by atoms with Gasteiger partial charge in [0.1, 0.15) is 24.2 Å². The Kier molecular flexibility index (Phi) is 6.47. The molecule has 0 saturated carbocycles. The highest BCUT2D eigenvalue weighted by atomic mass is 35.5. The van der Waals surface area contributed by atoms with Gasteiger partial charge in [0.05, 0.1) is 18.8 Å². The lowest BCUT2D eigenvalue weighted by Crippen LogP contribution is -2.66. The SMILES string of the molecule is O=C[C@]1(O)CC(O)[C@@H](NC(=O)CCl)C([C@H](O)[C@H](O)CO)O1. The highest BCUT2D eigenvalue weighted by Gasteiger charge is 2.50. The number of rotatable bonds is 6. The molecule has 0 aromatic rings. The number of aliphatic hydroxyl groups excluding tert-OH is 4. The minimum absolute atomic E-state index is 0.0286. The average molecular weight is 328 g/mol. The van der Waals surface area contributed by atoms with Crippen LogP contribution in [0.2, 0.25) is 0 Å². The van der Waals surface area contributed by atoms with Crippen molar-refractivity contribution >= 4 is 23.8 Å². The number of amides is 1. The molecule has 0 aromatic heterocycles. The third-order valence-electron chi connectivity index (χ3n) is 3.16. The molecule has 0 spiro atoms. The van der Waals surface area contributed by atoms with Gasteiger partial charge in [0.25, 0.3) is 0 Å². The van der Waals surface area contributed by atoms with Crippen molar-refractivity contribution in [3.63, 3.8) is 0 Å². The molecule has 1 amide bonds. The number of hydrogen-bond donors (Lipinski definition) is 6. The van der Waals surface area contributed by atoms with Gasteiger partial charge >= 0.3 is 0 Å². The molecule has 6 N–H and O–H groups in total. The van der Waals surface area contributed by atoms with Gasteiger partial charge in [-0.1, -0.05) is 0 Å². The van der Waals surface area contributed by atoms with Crippen LogP contribution in [0, 0.1) is 0 Å². The van der Waals surface area contributed by atoms with E-state index in [2.05, 4.69) is 5.32 Å². The summed E-state index contributed by atoms with van der Waals surface area (Å²) in [6.45, 7) is -0.827. The molecule has 6 atom stereocenters. The van der Waals surface area contributed by atoms with E-state index in [4.69, 9.17) is 21.4 Å². The molecule has 0 aliphatic carbocycles. The molecular formula is C11H18ClNO8. The first-order chi connectivity index (χ1) is 9.77. The van der Waals surface area contributed by atoms with Crippen molar-refractivity contribution in [3.05, 3.63) is 0 Å². The predicted molar refractivity (Wildman–Crippen MR) is 68.3 cm³/mol. The summed E-state index contributed by atoms with van der Waals surface area (Å²) in [6.07, 6.45) is -6.91. The van der Waals surface area contributed by atoms with E-state index in [-0.39, 0.29) is 6.29 Å². The second kappa shape index (κ2) is 7.45. The molecule has 10 heteroatoms. The lowest BCUT2D eigenvalue weighted by molar-refractivity contribution is -0.280.